The Morgan fingerprint density at radius 2 is 1.70 bits per heavy atom. The van der Waals surface area contributed by atoms with E-state index in [0.717, 1.165) is 45.4 Å². The van der Waals surface area contributed by atoms with Crippen molar-refractivity contribution in [2.75, 3.05) is 39.3 Å². The molecule has 1 N–H and O–H groups in total. The first-order valence-electron chi connectivity index (χ1n) is 9.64. The SMILES string of the molecule is CCN(CC(=O)O)C1CCN(CCCN2C(=O)c3ccccc3C2=O)CC1. The van der Waals surface area contributed by atoms with Gasteiger partial charge in [0, 0.05) is 12.6 Å². The smallest absolute Gasteiger partial charge is 0.317 e. The molecule has 2 heterocycles. The summed E-state index contributed by atoms with van der Waals surface area (Å²) in [6.45, 7) is 5.96. The summed E-state index contributed by atoms with van der Waals surface area (Å²) in [4.78, 5) is 41.4. The average molecular weight is 373 g/mol. The van der Waals surface area contributed by atoms with Crippen LogP contribution in [0.2, 0.25) is 0 Å². The van der Waals surface area contributed by atoms with Crippen LogP contribution in [0.3, 0.4) is 0 Å². The zero-order valence-corrected chi connectivity index (χ0v) is 15.8. The largest absolute Gasteiger partial charge is 0.480 e. The standard InChI is InChI=1S/C20H27N3O4/c1-2-22(14-18(24)25)15-8-12-21(13-9-15)10-5-11-23-19(26)16-6-3-4-7-17(16)20(23)27/h3-4,6-7,15H,2,5,8-14H2,1H3,(H,24,25). The molecule has 2 amide bonds. The molecule has 0 bridgehead atoms. The number of hydrogen-bond acceptors (Lipinski definition) is 5. The van der Waals surface area contributed by atoms with Gasteiger partial charge in [0.15, 0.2) is 0 Å². The first kappa shape index (κ1) is 19.5. The molecule has 0 saturated carbocycles. The number of amides is 2. The summed E-state index contributed by atoms with van der Waals surface area (Å²) in [6, 6.07) is 7.29. The van der Waals surface area contributed by atoms with Gasteiger partial charge in [-0.15, -0.1) is 0 Å². The number of nitrogens with zero attached hydrogens (tertiary/aromatic N) is 3. The lowest BCUT2D eigenvalue weighted by molar-refractivity contribution is -0.139. The van der Waals surface area contributed by atoms with Gasteiger partial charge < -0.3 is 10.0 Å². The van der Waals surface area contributed by atoms with E-state index in [0.29, 0.717) is 23.7 Å². The van der Waals surface area contributed by atoms with Crippen LogP contribution in [0.1, 0.15) is 46.9 Å². The van der Waals surface area contributed by atoms with Gasteiger partial charge in [0.2, 0.25) is 0 Å². The molecule has 0 unspecified atom stereocenters. The van der Waals surface area contributed by atoms with Gasteiger partial charge in [-0.2, -0.15) is 0 Å². The molecular formula is C20H27N3O4. The number of hydrogen-bond donors (Lipinski definition) is 1. The van der Waals surface area contributed by atoms with E-state index >= 15 is 0 Å². The Bertz CT molecular complexity index is 678. The van der Waals surface area contributed by atoms with Crippen LogP contribution in [0.4, 0.5) is 0 Å². The van der Waals surface area contributed by atoms with Crippen molar-refractivity contribution in [1.82, 2.24) is 14.7 Å². The Morgan fingerprint density at radius 3 is 2.22 bits per heavy atom. The number of piperidine rings is 1. The lowest BCUT2D eigenvalue weighted by Crippen LogP contribution is -2.47. The fraction of sp³-hybridized carbons (Fsp3) is 0.550. The molecule has 0 aliphatic carbocycles. The molecule has 0 radical (unpaired) electrons. The molecule has 1 aromatic rings. The van der Waals surface area contributed by atoms with Gasteiger partial charge >= 0.3 is 5.97 Å². The van der Waals surface area contributed by atoms with E-state index in [9.17, 15) is 14.4 Å². The molecule has 0 spiro atoms. The summed E-state index contributed by atoms with van der Waals surface area (Å²) < 4.78 is 0. The quantitative estimate of drug-likeness (QED) is 0.696. The molecule has 1 aromatic carbocycles. The molecule has 7 nitrogen and oxygen atoms in total. The molecule has 2 aliphatic heterocycles. The van der Waals surface area contributed by atoms with Gasteiger partial charge in [0.1, 0.15) is 0 Å². The average Bonchev–Trinajstić information content (AvgIpc) is 2.92. The van der Waals surface area contributed by atoms with Gasteiger partial charge in [-0.05, 0) is 57.6 Å². The number of benzene rings is 1. The van der Waals surface area contributed by atoms with E-state index in [4.69, 9.17) is 5.11 Å². The van der Waals surface area contributed by atoms with Crippen molar-refractivity contribution in [3.05, 3.63) is 35.4 Å². The number of aliphatic carboxylic acids is 1. The van der Waals surface area contributed by atoms with E-state index < -0.39 is 5.97 Å². The molecule has 0 atom stereocenters. The number of likely N-dealkylation sites (N-methyl/N-ethyl adjacent to an activating group) is 1. The van der Waals surface area contributed by atoms with Crippen LogP contribution in [0, 0.1) is 0 Å². The molecule has 146 valence electrons. The van der Waals surface area contributed by atoms with Crippen molar-refractivity contribution in [1.29, 1.82) is 0 Å². The second kappa shape index (κ2) is 8.63. The highest BCUT2D eigenvalue weighted by Gasteiger charge is 2.34. The van der Waals surface area contributed by atoms with E-state index in [1.54, 1.807) is 24.3 Å². The van der Waals surface area contributed by atoms with Crippen molar-refractivity contribution in [2.45, 2.75) is 32.2 Å². The number of carbonyl (C=O) groups excluding carboxylic acids is 2. The minimum atomic E-state index is -0.778. The number of fused-ring (bicyclic) bond motifs is 1. The van der Waals surface area contributed by atoms with Crippen LogP contribution in [0.15, 0.2) is 24.3 Å². The second-order valence-corrected chi connectivity index (χ2v) is 7.19. The molecule has 7 heteroatoms. The zero-order chi connectivity index (χ0) is 19.4. The first-order chi connectivity index (χ1) is 13.0. The molecule has 0 aromatic heterocycles. The predicted octanol–water partition coefficient (Wildman–Crippen LogP) is 1.54. The minimum absolute atomic E-state index is 0.0981. The van der Waals surface area contributed by atoms with Gasteiger partial charge in [-0.3, -0.25) is 24.2 Å². The monoisotopic (exact) mass is 373 g/mol. The highest BCUT2D eigenvalue weighted by Crippen LogP contribution is 2.23. The maximum Gasteiger partial charge on any atom is 0.317 e. The van der Waals surface area contributed by atoms with Gasteiger partial charge in [-0.1, -0.05) is 19.1 Å². The summed E-state index contributed by atoms with van der Waals surface area (Å²) in [5.41, 5.74) is 1.00. The summed E-state index contributed by atoms with van der Waals surface area (Å²) in [5.74, 6) is -1.16. The van der Waals surface area contributed by atoms with Crippen LogP contribution < -0.4 is 0 Å². The first-order valence-corrected chi connectivity index (χ1v) is 9.64. The van der Waals surface area contributed by atoms with Crippen LogP contribution >= 0.6 is 0 Å². The van der Waals surface area contributed by atoms with Crippen LogP contribution in [0.25, 0.3) is 0 Å². The Balaban J connectivity index is 1.43. The summed E-state index contributed by atoms with van der Waals surface area (Å²) in [7, 11) is 0. The van der Waals surface area contributed by atoms with E-state index in [1.165, 1.54) is 4.90 Å². The number of rotatable bonds is 8. The van der Waals surface area contributed by atoms with Crippen LogP contribution in [-0.4, -0.2) is 82.9 Å². The van der Waals surface area contributed by atoms with E-state index in [-0.39, 0.29) is 18.4 Å². The topological polar surface area (TPSA) is 81.2 Å². The minimum Gasteiger partial charge on any atom is -0.480 e. The third kappa shape index (κ3) is 4.36. The van der Waals surface area contributed by atoms with Crippen molar-refractivity contribution in [3.8, 4) is 0 Å². The van der Waals surface area contributed by atoms with Crippen LogP contribution in [0.5, 0.6) is 0 Å². The lowest BCUT2D eigenvalue weighted by Gasteiger charge is -2.37. The normalized spacial score (nSPS) is 18.4. The summed E-state index contributed by atoms with van der Waals surface area (Å²) in [5, 5.41) is 9.01. The van der Waals surface area contributed by atoms with Gasteiger partial charge in [0.25, 0.3) is 11.8 Å². The fourth-order valence-corrected chi connectivity index (χ4v) is 4.08. The van der Waals surface area contributed by atoms with Gasteiger partial charge in [-0.25, -0.2) is 0 Å². The van der Waals surface area contributed by atoms with Crippen molar-refractivity contribution < 1.29 is 19.5 Å². The number of carboxylic acids is 1. The molecule has 2 aliphatic rings. The number of likely N-dealkylation sites (tertiary alicyclic amines) is 1. The van der Waals surface area contributed by atoms with Crippen molar-refractivity contribution >= 4 is 17.8 Å². The number of imide groups is 1. The maximum absolute atomic E-state index is 12.4. The summed E-state index contributed by atoms with van der Waals surface area (Å²) >= 11 is 0. The lowest BCUT2D eigenvalue weighted by atomic mass is 10.0. The Kier molecular flexibility index (Phi) is 6.23. The molecule has 3 rings (SSSR count). The third-order valence-electron chi connectivity index (χ3n) is 5.55. The van der Waals surface area contributed by atoms with Gasteiger partial charge in [0.05, 0.1) is 17.7 Å². The summed E-state index contributed by atoms with van der Waals surface area (Å²) in [6.07, 6.45) is 2.66. The third-order valence-corrected chi connectivity index (χ3v) is 5.55. The molecule has 27 heavy (non-hydrogen) atoms. The van der Waals surface area contributed by atoms with E-state index in [2.05, 4.69) is 4.90 Å². The molecular weight excluding hydrogens is 346 g/mol. The molecule has 1 saturated heterocycles. The highest BCUT2D eigenvalue weighted by molar-refractivity contribution is 6.21. The fourth-order valence-electron chi connectivity index (χ4n) is 4.08. The predicted molar refractivity (Wildman–Crippen MR) is 101 cm³/mol. The highest BCUT2D eigenvalue weighted by atomic mass is 16.4. The van der Waals surface area contributed by atoms with Crippen LogP contribution in [-0.2, 0) is 4.79 Å². The second-order valence-electron chi connectivity index (χ2n) is 7.19. The van der Waals surface area contributed by atoms with E-state index in [1.807, 2.05) is 11.8 Å². The van der Waals surface area contributed by atoms with Crippen molar-refractivity contribution in [3.63, 3.8) is 0 Å². The Hall–Kier alpha value is -2.25. The van der Waals surface area contributed by atoms with Crippen molar-refractivity contribution in [2.24, 2.45) is 0 Å². The number of carbonyl (C=O) groups is 3. The maximum atomic E-state index is 12.4. The Labute approximate surface area is 159 Å². The molecule has 1 fully saturated rings. The Morgan fingerprint density at radius 1 is 1.11 bits per heavy atom. The zero-order valence-electron chi connectivity index (χ0n) is 15.8. The number of carboxylic acid groups (broad SMARTS) is 1.